The summed E-state index contributed by atoms with van der Waals surface area (Å²) in [5, 5.41) is 13.7. The summed E-state index contributed by atoms with van der Waals surface area (Å²) >= 11 is 1.37. The van der Waals surface area contributed by atoms with Crippen molar-refractivity contribution in [3.63, 3.8) is 0 Å². The third-order valence-electron chi connectivity index (χ3n) is 3.75. The molecule has 0 radical (unpaired) electrons. The van der Waals surface area contributed by atoms with Crippen LogP contribution in [0.25, 0.3) is 0 Å². The summed E-state index contributed by atoms with van der Waals surface area (Å²) in [6, 6.07) is 12.0. The zero-order valence-corrected chi connectivity index (χ0v) is 14.8. The maximum absolute atomic E-state index is 12.1. The largest absolute Gasteiger partial charge is 0.490 e. The lowest BCUT2D eigenvalue weighted by Crippen LogP contribution is -2.24. The first-order valence-electron chi connectivity index (χ1n) is 8.15. The molecule has 0 unspecified atom stereocenters. The van der Waals surface area contributed by atoms with Crippen LogP contribution in [0, 0.1) is 10.1 Å². The second-order valence-corrected chi connectivity index (χ2v) is 6.66. The van der Waals surface area contributed by atoms with Gasteiger partial charge in [0.2, 0.25) is 5.91 Å². The maximum Gasteiger partial charge on any atom is 0.274 e. The summed E-state index contributed by atoms with van der Waals surface area (Å²) < 4.78 is 11.2. The molecule has 1 aliphatic heterocycles. The lowest BCUT2D eigenvalue weighted by molar-refractivity contribution is -0.385. The van der Waals surface area contributed by atoms with Crippen molar-refractivity contribution in [3.8, 4) is 11.5 Å². The van der Waals surface area contributed by atoms with E-state index in [1.807, 2.05) is 18.2 Å². The Morgan fingerprint density at radius 3 is 2.73 bits per heavy atom. The van der Waals surface area contributed by atoms with E-state index in [1.165, 1.54) is 17.8 Å². The quantitative estimate of drug-likeness (QED) is 0.474. The lowest BCUT2D eigenvalue weighted by Gasteiger charge is -2.09. The fourth-order valence-electron chi connectivity index (χ4n) is 2.47. The molecule has 0 atom stereocenters. The molecule has 136 valence electrons. The molecule has 0 spiro atoms. The number of para-hydroxylation sites is 1. The van der Waals surface area contributed by atoms with Crippen LogP contribution in [0.2, 0.25) is 0 Å². The van der Waals surface area contributed by atoms with Gasteiger partial charge < -0.3 is 14.8 Å². The van der Waals surface area contributed by atoms with Gasteiger partial charge in [-0.05, 0) is 18.2 Å². The van der Waals surface area contributed by atoms with E-state index in [1.54, 1.807) is 18.2 Å². The van der Waals surface area contributed by atoms with Gasteiger partial charge in [-0.1, -0.05) is 18.2 Å². The Kier molecular flexibility index (Phi) is 5.96. The summed E-state index contributed by atoms with van der Waals surface area (Å²) in [4.78, 5) is 23.5. The average molecular weight is 374 g/mol. The molecular formula is C18H18N2O5S. The summed E-state index contributed by atoms with van der Waals surface area (Å²) in [6.07, 6.45) is 0.838. The first kappa shape index (κ1) is 18.1. The van der Waals surface area contributed by atoms with Gasteiger partial charge in [0, 0.05) is 29.5 Å². The van der Waals surface area contributed by atoms with Crippen molar-refractivity contribution < 1.29 is 19.2 Å². The molecule has 1 amide bonds. The number of carbonyl (C=O) groups is 1. The van der Waals surface area contributed by atoms with Gasteiger partial charge in [0.1, 0.15) is 0 Å². The van der Waals surface area contributed by atoms with Crippen LogP contribution in [0.3, 0.4) is 0 Å². The molecule has 26 heavy (non-hydrogen) atoms. The van der Waals surface area contributed by atoms with Gasteiger partial charge in [-0.2, -0.15) is 0 Å². The van der Waals surface area contributed by atoms with Crippen LogP contribution >= 0.6 is 11.8 Å². The number of benzene rings is 2. The second kappa shape index (κ2) is 8.57. The number of rotatable bonds is 6. The number of nitrogens with zero attached hydrogens (tertiary/aromatic N) is 1. The third-order valence-corrected chi connectivity index (χ3v) is 4.75. The Morgan fingerprint density at radius 2 is 1.92 bits per heavy atom. The number of hydrogen-bond donors (Lipinski definition) is 1. The average Bonchev–Trinajstić information content (AvgIpc) is 2.89. The zero-order chi connectivity index (χ0) is 18.4. The highest BCUT2D eigenvalue weighted by Gasteiger charge is 2.14. The van der Waals surface area contributed by atoms with E-state index in [9.17, 15) is 14.9 Å². The molecule has 2 aromatic rings. The lowest BCUT2D eigenvalue weighted by atomic mass is 10.2. The van der Waals surface area contributed by atoms with Gasteiger partial charge >= 0.3 is 0 Å². The highest BCUT2D eigenvalue weighted by atomic mass is 32.2. The Bertz CT molecular complexity index is 812. The van der Waals surface area contributed by atoms with Crippen molar-refractivity contribution in [2.75, 3.05) is 19.0 Å². The SMILES string of the molecule is O=C(CSc1ccc2c(c1)OCCCO2)NCc1ccccc1[N+](=O)[O-]. The standard InChI is InChI=1S/C18H18N2O5S/c21-18(19-11-13-4-1-2-5-15(13)20(22)23)12-26-14-6-7-16-17(10-14)25-9-3-8-24-16/h1-2,4-7,10H,3,8-9,11-12H2,(H,19,21). The van der Waals surface area contributed by atoms with E-state index < -0.39 is 4.92 Å². The van der Waals surface area contributed by atoms with E-state index >= 15 is 0 Å². The predicted molar refractivity (Wildman–Crippen MR) is 97.7 cm³/mol. The van der Waals surface area contributed by atoms with Crippen LogP contribution in [0.15, 0.2) is 47.4 Å². The number of nitro groups is 1. The van der Waals surface area contributed by atoms with Crippen molar-refractivity contribution in [1.29, 1.82) is 0 Å². The van der Waals surface area contributed by atoms with Crippen molar-refractivity contribution in [2.24, 2.45) is 0 Å². The van der Waals surface area contributed by atoms with Gasteiger partial charge in [-0.15, -0.1) is 11.8 Å². The van der Waals surface area contributed by atoms with Crippen LogP contribution in [0.1, 0.15) is 12.0 Å². The topological polar surface area (TPSA) is 90.7 Å². The fourth-order valence-corrected chi connectivity index (χ4v) is 3.22. The normalized spacial score (nSPS) is 12.9. The van der Waals surface area contributed by atoms with Crippen molar-refractivity contribution in [2.45, 2.75) is 17.9 Å². The zero-order valence-electron chi connectivity index (χ0n) is 14.0. The third kappa shape index (κ3) is 4.66. The van der Waals surface area contributed by atoms with Gasteiger partial charge in [0.15, 0.2) is 11.5 Å². The van der Waals surface area contributed by atoms with Crippen LogP contribution < -0.4 is 14.8 Å². The van der Waals surface area contributed by atoms with Gasteiger partial charge in [0.25, 0.3) is 5.69 Å². The number of thioether (sulfide) groups is 1. The number of fused-ring (bicyclic) bond motifs is 1. The molecule has 1 heterocycles. The molecule has 2 aromatic carbocycles. The monoisotopic (exact) mass is 374 g/mol. The highest BCUT2D eigenvalue weighted by molar-refractivity contribution is 8.00. The molecule has 7 nitrogen and oxygen atoms in total. The predicted octanol–water partition coefficient (Wildman–Crippen LogP) is 3.16. The maximum atomic E-state index is 12.1. The van der Waals surface area contributed by atoms with Gasteiger partial charge in [-0.3, -0.25) is 14.9 Å². The van der Waals surface area contributed by atoms with Gasteiger partial charge in [0.05, 0.1) is 23.9 Å². The highest BCUT2D eigenvalue weighted by Crippen LogP contribution is 2.33. The van der Waals surface area contributed by atoms with Gasteiger partial charge in [-0.25, -0.2) is 0 Å². The summed E-state index contributed by atoms with van der Waals surface area (Å²) in [5.74, 6) is 1.42. The van der Waals surface area contributed by atoms with Crippen molar-refractivity contribution >= 4 is 23.4 Å². The molecule has 0 saturated carbocycles. The first-order chi connectivity index (χ1) is 12.6. The Morgan fingerprint density at radius 1 is 1.15 bits per heavy atom. The molecule has 1 aliphatic rings. The Hall–Kier alpha value is -2.74. The van der Waals surface area contributed by atoms with Crippen LogP contribution in [-0.2, 0) is 11.3 Å². The Labute approximate surface area is 154 Å². The van der Waals surface area contributed by atoms with E-state index in [0.29, 0.717) is 30.3 Å². The molecule has 3 rings (SSSR count). The molecule has 0 bridgehead atoms. The number of nitro benzene ring substituents is 1. The van der Waals surface area contributed by atoms with Crippen molar-refractivity contribution in [3.05, 3.63) is 58.1 Å². The molecule has 1 N–H and O–H groups in total. The van der Waals surface area contributed by atoms with E-state index in [2.05, 4.69) is 5.32 Å². The number of hydrogen-bond acceptors (Lipinski definition) is 6. The van der Waals surface area contributed by atoms with Crippen LogP contribution in [0.5, 0.6) is 11.5 Å². The van der Waals surface area contributed by atoms with Crippen molar-refractivity contribution in [1.82, 2.24) is 5.32 Å². The summed E-state index contributed by atoms with van der Waals surface area (Å²) in [7, 11) is 0. The molecule has 0 aromatic heterocycles. The Balaban J connectivity index is 1.53. The number of carbonyl (C=O) groups excluding carboxylic acids is 1. The minimum atomic E-state index is -0.450. The van der Waals surface area contributed by atoms with Crippen LogP contribution in [0.4, 0.5) is 5.69 Å². The second-order valence-electron chi connectivity index (χ2n) is 5.61. The summed E-state index contributed by atoms with van der Waals surface area (Å²) in [5.41, 5.74) is 0.481. The molecule has 8 heteroatoms. The number of nitrogens with one attached hydrogen (secondary N) is 1. The smallest absolute Gasteiger partial charge is 0.274 e. The molecular weight excluding hydrogens is 356 g/mol. The van der Waals surface area contributed by atoms with E-state index in [-0.39, 0.29) is 23.9 Å². The number of ether oxygens (including phenoxy) is 2. The van der Waals surface area contributed by atoms with E-state index in [4.69, 9.17) is 9.47 Å². The molecule has 0 fully saturated rings. The first-order valence-corrected chi connectivity index (χ1v) is 9.13. The minimum Gasteiger partial charge on any atom is -0.490 e. The molecule has 0 aliphatic carbocycles. The fraction of sp³-hybridized carbons (Fsp3) is 0.278. The number of amides is 1. The van der Waals surface area contributed by atoms with E-state index in [0.717, 1.165) is 11.3 Å². The minimum absolute atomic E-state index is 0.00311. The molecule has 0 saturated heterocycles. The summed E-state index contributed by atoms with van der Waals surface area (Å²) in [6.45, 7) is 1.36. The van der Waals surface area contributed by atoms with Crippen LogP contribution in [-0.4, -0.2) is 29.8 Å².